The Bertz CT molecular complexity index is 1040. The molecule has 3 aromatic heterocycles. The Kier molecular flexibility index (Phi) is 5.10. The minimum Gasteiger partial charge on any atom is -0.494 e. The number of rotatable bonds is 6. The van der Waals surface area contributed by atoms with Crippen LogP contribution in [-0.4, -0.2) is 39.3 Å². The van der Waals surface area contributed by atoms with Crippen molar-refractivity contribution in [1.29, 1.82) is 0 Å². The van der Waals surface area contributed by atoms with Crippen LogP contribution in [0.3, 0.4) is 0 Å². The van der Waals surface area contributed by atoms with E-state index in [0.717, 1.165) is 18.5 Å². The summed E-state index contributed by atoms with van der Waals surface area (Å²) in [4.78, 5) is 21.2. The average Bonchev–Trinajstić information content (AvgIpc) is 3.39. The normalized spacial score (nSPS) is 13.2. The second kappa shape index (κ2) is 7.69. The fraction of sp³-hybridized carbons (Fsp3) is 0.278. The van der Waals surface area contributed by atoms with Crippen LogP contribution in [0.5, 0.6) is 10.9 Å². The molecule has 0 radical (unpaired) electrons. The number of hydrogen-bond acceptors (Lipinski definition) is 8. The van der Waals surface area contributed by atoms with Gasteiger partial charge in [0.25, 0.3) is 11.1 Å². The minimum absolute atomic E-state index is 0.216. The SMILES string of the molecule is COc1cnc(Cl)cc1-c1cc(C)ncc1C(=O)Nc1nnc(OC2CC2)s1. The van der Waals surface area contributed by atoms with E-state index in [1.165, 1.54) is 30.8 Å². The number of nitrogens with one attached hydrogen (secondary N) is 1. The molecule has 1 aliphatic rings. The molecule has 1 fully saturated rings. The largest absolute Gasteiger partial charge is 0.494 e. The number of hydrogen-bond donors (Lipinski definition) is 1. The van der Waals surface area contributed by atoms with Crippen molar-refractivity contribution in [3.8, 4) is 22.1 Å². The summed E-state index contributed by atoms with van der Waals surface area (Å²) in [6.45, 7) is 1.84. The summed E-state index contributed by atoms with van der Waals surface area (Å²) in [5.74, 6) is 0.131. The van der Waals surface area contributed by atoms with Crippen molar-refractivity contribution in [2.45, 2.75) is 25.9 Å². The molecule has 1 N–H and O–H groups in total. The highest BCUT2D eigenvalue weighted by molar-refractivity contribution is 7.17. The van der Waals surface area contributed by atoms with E-state index in [-0.39, 0.29) is 12.0 Å². The van der Waals surface area contributed by atoms with Gasteiger partial charge in [0.2, 0.25) is 5.13 Å². The quantitative estimate of drug-likeness (QED) is 0.609. The van der Waals surface area contributed by atoms with E-state index in [1.54, 1.807) is 12.1 Å². The van der Waals surface area contributed by atoms with E-state index < -0.39 is 0 Å². The summed E-state index contributed by atoms with van der Waals surface area (Å²) in [5.41, 5.74) is 2.38. The van der Waals surface area contributed by atoms with Gasteiger partial charge < -0.3 is 9.47 Å². The molecule has 0 aromatic carbocycles. The number of ether oxygens (including phenoxy) is 2. The van der Waals surface area contributed by atoms with E-state index >= 15 is 0 Å². The fourth-order valence-electron chi connectivity index (χ4n) is 2.55. The Morgan fingerprint density at radius 2 is 2.04 bits per heavy atom. The zero-order valence-electron chi connectivity index (χ0n) is 15.1. The molecule has 0 bridgehead atoms. The molecular formula is C18H16ClN5O3S. The summed E-state index contributed by atoms with van der Waals surface area (Å²) in [7, 11) is 1.53. The summed E-state index contributed by atoms with van der Waals surface area (Å²) in [6.07, 6.45) is 5.29. The molecular weight excluding hydrogens is 402 g/mol. The number of anilines is 1. The van der Waals surface area contributed by atoms with Crippen molar-refractivity contribution in [3.05, 3.63) is 40.9 Å². The third-order valence-corrected chi connectivity index (χ3v) is 4.98. The summed E-state index contributed by atoms with van der Waals surface area (Å²) < 4.78 is 11.0. The van der Waals surface area contributed by atoms with Crippen molar-refractivity contribution in [3.63, 3.8) is 0 Å². The maximum Gasteiger partial charge on any atom is 0.296 e. The molecule has 0 unspecified atom stereocenters. The Hall–Kier alpha value is -2.78. The standard InChI is InChI=1S/C18H16ClN5O3S/c1-9-5-11(12-6-15(19)21-8-14(12)26-2)13(7-20-9)16(25)22-17-23-24-18(28-17)27-10-3-4-10/h5-8,10H,3-4H2,1-2H3,(H,22,23,25). The lowest BCUT2D eigenvalue weighted by molar-refractivity contribution is 0.102. The smallest absolute Gasteiger partial charge is 0.296 e. The first kappa shape index (κ1) is 18.6. The molecule has 4 rings (SSSR count). The van der Waals surface area contributed by atoms with Gasteiger partial charge in [-0.05, 0) is 43.2 Å². The molecule has 28 heavy (non-hydrogen) atoms. The fourth-order valence-corrected chi connectivity index (χ4v) is 3.37. The molecule has 1 saturated carbocycles. The molecule has 0 atom stereocenters. The lowest BCUT2D eigenvalue weighted by atomic mass is 10.0. The van der Waals surface area contributed by atoms with Crippen molar-refractivity contribution < 1.29 is 14.3 Å². The van der Waals surface area contributed by atoms with Crippen LogP contribution < -0.4 is 14.8 Å². The maximum absolute atomic E-state index is 12.9. The van der Waals surface area contributed by atoms with Crippen LogP contribution >= 0.6 is 22.9 Å². The topological polar surface area (TPSA) is 99.1 Å². The van der Waals surface area contributed by atoms with Crippen LogP contribution in [0.1, 0.15) is 28.9 Å². The number of nitrogens with zero attached hydrogens (tertiary/aromatic N) is 4. The van der Waals surface area contributed by atoms with Crippen LogP contribution in [0.2, 0.25) is 5.15 Å². The van der Waals surface area contributed by atoms with E-state index in [4.69, 9.17) is 21.1 Å². The maximum atomic E-state index is 12.9. The third kappa shape index (κ3) is 4.05. The molecule has 8 nitrogen and oxygen atoms in total. The lowest BCUT2D eigenvalue weighted by Crippen LogP contribution is -2.14. The number of aromatic nitrogens is 4. The Morgan fingerprint density at radius 3 is 2.79 bits per heavy atom. The van der Waals surface area contributed by atoms with Gasteiger partial charge in [-0.3, -0.25) is 15.1 Å². The lowest BCUT2D eigenvalue weighted by Gasteiger charge is -2.13. The van der Waals surface area contributed by atoms with E-state index in [2.05, 4.69) is 25.5 Å². The Balaban J connectivity index is 1.65. The van der Waals surface area contributed by atoms with Crippen molar-refractivity contribution in [2.75, 3.05) is 12.4 Å². The summed E-state index contributed by atoms with van der Waals surface area (Å²) in [5, 5.41) is 11.8. The zero-order chi connectivity index (χ0) is 19.7. The predicted octanol–water partition coefficient (Wildman–Crippen LogP) is 3.76. The first-order chi connectivity index (χ1) is 13.5. The molecule has 10 heteroatoms. The highest BCUT2D eigenvalue weighted by Crippen LogP contribution is 2.35. The molecule has 3 heterocycles. The van der Waals surface area contributed by atoms with Gasteiger partial charge in [-0.15, -0.1) is 5.10 Å². The van der Waals surface area contributed by atoms with E-state index in [0.29, 0.717) is 37.9 Å². The summed E-state index contributed by atoms with van der Waals surface area (Å²) >= 11 is 7.25. The average molecular weight is 418 g/mol. The van der Waals surface area contributed by atoms with Crippen LogP contribution in [0.15, 0.2) is 24.5 Å². The van der Waals surface area contributed by atoms with Gasteiger partial charge >= 0.3 is 0 Å². The first-order valence-corrected chi connectivity index (χ1v) is 9.71. The molecule has 0 saturated heterocycles. The second-order valence-corrected chi connectivity index (χ2v) is 7.55. The number of amides is 1. The molecule has 3 aromatic rings. The van der Waals surface area contributed by atoms with Gasteiger partial charge in [-0.2, -0.15) is 0 Å². The number of halogens is 1. The first-order valence-electron chi connectivity index (χ1n) is 8.51. The van der Waals surface area contributed by atoms with Gasteiger partial charge in [0, 0.05) is 23.0 Å². The molecule has 1 aliphatic carbocycles. The third-order valence-electron chi connectivity index (χ3n) is 4.05. The van der Waals surface area contributed by atoms with Gasteiger partial charge in [0.15, 0.2) is 0 Å². The Morgan fingerprint density at radius 1 is 1.21 bits per heavy atom. The van der Waals surface area contributed by atoms with Crippen molar-refractivity contribution in [2.24, 2.45) is 0 Å². The number of aryl methyl sites for hydroxylation is 1. The molecule has 1 amide bonds. The monoisotopic (exact) mass is 417 g/mol. The van der Waals surface area contributed by atoms with E-state index in [1.807, 2.05) is 6.92 Å². The minimum atomic E-state index is -0.369. The predicted molar refractivity (Wildman–Crippen MR) is 105 cm³/mol. The van der Waals surface area contributed by atoms with Crippen LogP contribution in [0.4, 0.5) is 5.13 Å². The summed E-state index contributed by atoms with van der Waals surface area (Å²) in [6, 6.07) is 3.45. The number of carbonyl (C=O) groups excluding carboxylic acids is 1. The highest BCUT2D eigenvalue weighted by Gasteiger charge is 2.25. The van der Waals surface area contributed by atoms with Crippen molar-refractivity contribution in [1.82, 2.24) is 20.2 Å². The van der Waals surface area contributed by atoms with E-state index in [9.17, 15) is 4.79 Å². The van der Waals surface area contributed by atoms with Gasteiger partial charge in [0.1, 0.15) is 17.0 Å². The second-order valence-electron chi connectivity index (χ2n) is 6.22. The number of pyridine rings is 2. The van der Waals surface area contributed by atoms with Crippen molar-refractivity contribution >= 4 is 34.0 Å². The van der Waals surface area contributed by atoms with Crippen LogP contribution in [0, 0.1) is 6.92 Å². The molecule has 144 valence electrons. The van der Waals surface area contributed by atoms with Crippen LogP contribution in [0.25, 0.3) is 11.1 Å². The zero-order valence-corrected chi connectivity index (χ0v) is 16.7. The van der Waals surface area contributed by atoms with Gasteiger partial charge in [-0.1, -0.05) is 16.7 Å². The molecule has 0 spiro atoms. The number of methoxy groups -OCH3 is 1. The number of carbonyl (C=O) groups is 1. The highest BCUT2D eigenvalue weighted by atomic mass is 35.5. The Labute approximate surface area is 169 Å². The van der Waals surface area contributed by atoms with Crippen LogP contribution in [-0.2, 0) is 0 Å². The van der Waals surface area contributed by atoms with Gasteiger partial charge in [0.05, 0.1) is 18.9 Å². The van der Waals surface area contributed by atoms with Gasteiger partial charge in [-0.25, -0.2) is 4.98 Å². The molecule has 0 aliphatic heterocycles.